The van der Waals surface area contributed by atoms with E-state index >= 15 is 0 Å². The van der Waals surface area contributed by atoms with Gasteiger partial charge in [-0.1, -0.05) is 30.3 Å². The minimum Gasteiger partial charge on any atom is -0.378 e. The van der Waals surface area contributed by atoms with Crippen molar-refractivity contribution in [3.05, 3.63) is 35.9 Å². The normalized spacial score (nSPS) is 34.7. The minimum absolute atomic E-state index is 0.471. The van der Waals surface area contributed by atoms with Crippen molar-refractivity contribution in [2.24, 2.45) is 0 Å². The van der Waals surface area contributed by atoms with Crippen LogP contribution in [0.1, 0.15) is 38.3 Å². The number of ether oxygens (including phenoxy) is 1. The highest BCUT2D eigenvalue weighted by Gasteiger charge is 2.38. The van der Waals surface area contributed by atoms with Crippen molar-refractivity contribution in [3.63, 3.8) is 0 Å². The largest absolute Gasteiger partial charge is 0.378 e. The number of nitrogens with zero attached hydrogens (tertiary/aromatic N) is 1. The smallest absolute Gasteiger partial charge is 0.0604 e. The van der Waals surface area contributed by atoms with E-state index in [-0.39, 0.29) is 0 Å². The summed E-state index contributed by atoms with van der Waals surface area (Å²) in [5, 5.41) is 3.68. The van der Waals surface area contributed by atoms with Crippen molar-refractivity contribution in [3.8, 4) is 0 Å². The highest BCUT2D eigenvalue weighted by atomic mass is 16.5. The van der Waals surface area contributed by atoms with Gasteiger partial charge < -0.3 is 10.1 Å². The second-order valence-corrected chi connectivity index (χ2v) is 6.12. The maximum atomic E-state index is 5.70. The van der Waals surface area contributed by atoms with E-state index in [0.29, 0.717) is 18.2 Å². The van der Waals surface area contributed by atoms with Crippen molar-refractivity contribution in [2.75, 3.05) is 19.7 Å². The monoisotopic (exact) mass is 274 g/mol. The molecule has 3 heteroatoms. The van der Waals surface area contributed by atoms with Gasteiger partial charge in [-0.3, -0.25) is 4.90 Å². The number of piperazine rings is 1. The maximum Gasteiger partial charge on any atom is 0.0604 e. The summed E-state index contributed by atoms with van der Waals surface area (Å²) in [6, 6.07) is 12.6. The van der Waals surface area contributed by atoms with E-state index in [1.807, 2.05) is 0 Å². The van der Waals surface area contributed by atoms with Crippen molar-refractivity contribution in [2.45, 2.75) is 50.9 Å². The van der Waals surface area contributed by atoms with E-state index in [1.54, 1.807) is 0 Å². The molecule has 1 saturated heterocycles. The molecule has 2 fully saturated rings. The molecule has 20 heavy (non-hydrogen) atoms. The van der Waals surface area contributed by atoms with Gasteiger partial charge in [0.15, 0.2) is 0 Å². The van der Waals surface area contributed by atoms with E-state index in [2.05, 4.69) is 54.4 Å². The fourth-order valence-electron chi connectivity index (χ4n) is 3.48. The molecule has 1 heterocycles. The molecule has 110 valence electrons. The number of nitrogens with one attached hydrogen (secondary N) is 1. The Hall–Kier alpha value is -0.900. The number of hydrogen-bond donors (Lipinski definition) is 1. The summed E-state index contributed by atoms with van der Waals surface area (Å²) in [6.07, 6.45) is 2.92. The zero-order valence-corrected chi connectivity index (χ0v) is 12.6. The Balaban J connectivity index is 1.60. The van der Waals surface area contributed by atoms with Crippen LogP contribution in [0, 0.1) is 0 Å². The molecular formula is C17H26N2O. The minimum atomic E-state index is 0.471. The Morgan fingerprint density at radius 1 is 1.25 bits per heavy atom. The topological polar surface area (TPSA) is 24.5 Å². The van der Waals surface area contributed by atoms with Crippen molar-refractivity contribution in [1.82, 2.24) is 10.2 Å². The molecule has 1 aromatic carbocycles. The SMILES string of the molecule is CCOC1CC(N2CC(c3ccccc3)NCC2C)C1. The molecule has 1 N–H and O–H groups in total. The zero-order chi connectivity index (χ0) is 13.9. The van der Waals surface area contributed by atoms with Crippen molar-refractivity contribution < 1.29 is 4.74 Å². The van der Waals surface area contributed by atoms with Gasteiger partial charge in [0.1, 0.15) is 0 Å². The van der Waals surface area contributed by atoms with E-state index in [9.17, 15) is 0 Å². The lowest BCUT2D eigenvalue weighted by molar-refractivity contribution is -0.0642. The van der Waals surface area contributed by atoms with Crippen LogP contribution in [-0.4, -0.2) is 42.8 Å². The summed E-state index contributed by atoms with van der Waals surface area (Å²) in [5.41, 5.74) is 1.41. The Labute approximate surface area is 122 Å². The molecule has 0 amide bonds. The van der Waals surface area contributed by atoms with Crippen LogP contribution in [0.15, 0.2) is 30.3 Å². The highest BCUT2D eigenvalue weighted by Crippen LogP contribution is 2.32. The van der Waals surface area contributed by atoms with E-state index in [4.69, 9.17) is 4.74 Å². The Morgan fingerprint density at radius 2 is 2.00 bits per heavy atom. The summed E-state index contributed by atoms with van der Waals surface area (Å²) in [7, 11) is 0. The first-order valence-electron chi connectivity index (χ1n) is 7.93. The van der Waals surface area contributed by atoms with Crippen molar-refractivity contribution in [1.29, 1.82) is 0 Å². The van der Waals surface area contributed by atoms with Crippen LogP contribution in [0.3, 0.4) is 0 Å². The van der Waals surface area contributed by atoms with Gasteiger partial charge in [0, 0.05) is 37.8 Å². The predicted molar refractivity (Wildman–Crippen MR) is 81.8 cm³/mol. The van der Waals surface area contributed by atoms with Crippen LogP contribution < -0.4 is 5.32 Å². The van der Waals surface area contributed by atoms with Gasteiger partial charge in [-0.25, -0.2) is 0 Å². The van der Waals surface area contributed by atoms with Crippen LogP contribution in [-0.2, 0) is 4.74 Å². The van der Waals surface area contributed by atoms with Gasteiger partial charge >= 0.3 is 0 Å². The molecule has 1 aliphatic heterocycles. The highest BCUT2D eigenvalue weighted by molar-refractivity contribution is 5.20. The van der Waals surface area contributed by atoms with Gasteiger partial charge in [0.25, 0.3) is 0 Å². The van der Waals surface area contributed by atoms with Crippen LogP contribution in [0.25, 0.3) is 0 Å². The van der Waals surface area contributed by atoms with Gasteiger partial charge in [-0.15, -0.1) is 0 Å². The van der Waals surface area contributed by atoms with E-state index in [0.717, 1.165) is 25.7 Å². The maximum absolute atomic E-state index is 5.70. The second kappa shape index (κ2) is 6.25. The Kier molecular flexibility index (Phi) is 4.39. The molecule has 0 radical (unpaired) electrons. The third-order valence-corrected chi connectivity index (χ3v) is 4.76. The molecule has 3 nitrogen and oxygen atoms in total. The lowest BCUT2D eigenvalue weighted by Crippen LogP contribution is -2.59. The van der Waals surface area contributed by atoms with Crippen LogP contribution in [0.5, 0.6) is 0 Å². The second-order valence-electron chi connectivity index (χ2n) is 6.12. The molecule has 2 unspecified atom stereocenters. The van der Waals surface area contributed by atoms with Gasteiger partial charge in [-0.2, -0.15) is 0 Å². The Bertz CT molecular complexity index is 416. The molecular weight excluding hydrogens is 248 g/mol. The number of hydrogen-bond acceptors (Lipinski definition) is 3. The number of rotatable bonds is 4. The van der Waals surface area contributed by atoms with E-state index in [1.165, 1.54) is 18.4 Å². The summed E-state index contributed by atoms with van der Waals surface area (Å²) in [4.78, 5) is 2.68. The lowest BCUT2D eigenvalue weighted by Gasteiger charge is -2.49. The van der Waals surface area contributed by atoms with Crippen molar-refractivity contribution >= 4 is 0 Å². The average molecular weight is 274 g/mol. The molecule has 3 rings (SSSR count). The first-order chi connectivity index (χ1) is 9.78. The standard InChI is InChI=1S/C17H26N2O/c1-3-20-16-9-15(10-16)19-12-17(18-11-13(19)2)14-7-5-4-6-8-14/h4-8,13,15-18H,3,9-12H2,1-2H3. The van der Waals surface area contributed by atoms with Crippen LogP contribution in [0.2, 0.25) is 0 Å². The predicted octanol–water partition coefficient (Wildman–Crippen LogP) is 2.59. The fourth-order valence-corrected chi connectivity index (χ4v) is 3.48. The summed E-state index contributed by atoms with van der Waals surface area (Å²) in [5.74, 6) is 0. The zero-order valence-electron chi connectivity index (χ0n) is 12.6. The number of benzene rings is 1. The third-order valence-electron chi connectivity index (χ3n) is 4.76. The first kappa shape index (κ1) is 14.1. The average Bonchev–Trinajstić information content (AvgIpc) is 2.44. The third kappa shape index (κ3) is 2.90. The fraction of sp³-hybridized carbons (Fsp3) is 0.647. The van der Waals surface area contributed by atoms with Gasteiger partial charge in [-0.05, 0) is 32.3 Å². The molecule has 0 bridgehead atoms. The van der Waals surface area contributed by atoms with Gasteiger partial charge in [0.2, 0.25) is 0 Å². The molecule has 1 aromatic rings. The van der Waals surface area contributed by atoms with Crippen LogP contribution >= 0.6 is 0 Å². The lowest BCUT2D eigenvalue weighted by atomic mass is 9.85. The molecule has 2 aliphatic rings. The quantitative estimate of drug-likeness (QED) is 0.913. The van der Waals surface area contributed by atoms with Gasteiger partial charge in [0.05, 0.1) is 6.10 Å². The molecule has 1 saturated carbocycles. The summed E-state index contributed by atoms with van der Waals surface area (Å²) >= 11 is 0. The van der Waals surface area contributed by atoms with Crippen LogP contribution in [0.4, 0.5) is 0 Å². The molecule has 2 atom stereocenters. The molecule has 1 aliphatic carbocycles. The summed E-state index contributed by atoms with van der Waals surface area (Å²) in [6.45, 7) is 7.47. The molecule has 0 spiro atoms. The Morgan fingerprint density at radius 3 is 2.70 bits per heavy atom. The first-order valence-corrected chi connectivity index (χ1v) is 7.93. The van der Waals surface area contributed by atoms with E-state index < -0.39 is 0 Å². The summed E-state index contributed by atoms with van der Waals surface area (Å²) < 4.78 is 5.70. The molecule has 0 aromatic heterocycles.